The van der Waals surface area contributed by atoms with Gasteiger partial charge in [0.2, 0.25) is 0 Å². The van der Waals surface area contributed by atoms with E-state index in [-0.39, 0.29) is 0 Å². The van der Waals surface area contributed by atoms with E-state index in [1.807, 2.05) is 0 Å². The van der Waals surface area contributed by atoms with E-state index in [1.165, 1.54) is 86.7 Å². The zero-order valence-corrected chi connectivity index (χ0v) is 26.4. The van der Waals surface area contributed by atoms with Crippen molar-refractivity contribution in [2.45, 2.75) is 0 Å². The molecule has 12 rings (SSSR count). The molecule has 0 amide bonds. The van der Waals surface area contributed by atoms with E-state index in [2.05, 4.69) is 158 Å². The topological polar surface area (TPSA) is 13.1 Å². The molecule has 0 N–H and O–H groups in total. The molecule has 1 heterocycles. The van der Waals surface area contributed by atoms with Gasteiger partial charge < -0.3 is 4.42 Å². The lowest BCUT2D eigenvalue weighted by molar-refractivity contribution is 0.673. The maximum Gasteiger partial charge on any atom is 0.143 e. The van der Waals surface area contributed by atoms with Crippen molar-refractivity contribution in [3.63, 3.8) is 0 Å². The number of rotatable bonds is 2. The zero-order chi connectivity index (χ0) is 31.8. The highest BCUT2D eigenvalue weighted by atomic mass is 16.3. The van der Waals surface area contributed by atoms with E-state index in [0.717, 1.165) is 32.9 Å². The van der Waals surface area contributed by atoms with Gasteiger partial charge in [0.1, 0.15) is 11.2 Å². The molecule has 224 valence electrons. The summed E-state index contributed by atoms with van der Waals surface area (Å²) in [6.07, 6.45) is 0. The quantitative estimate of drug-likeness (QED) is 0.176. The Morgan fingerprint density at radius 3 is 1.53 bits per heavy atom. The Labute approximate surface area is 280 Å². The predicted octanol–water partition coefficient (Wildman–Crippen LogP) is 13.9. The first-order valence-corrected chi connectivity index (χ1v) is 17.0. The molecule has 1 nitrogen and oxygen atoms in total. The van der Waals surface area contributed by atoms with Crippen LogP contribution in [0.2, 0.25) is 0 Å². The summed E-state index contributed by atoms with van der Waals surface area (Å²) in [6, 6.07) is 58.5. The van der Waals surface area contributed by atoms with Gasteiger partial charge in [-0.15, -0.1) is 0 Å². The normalized spacial score (nSPS) is 12.5. The van der Waals surface area contributed by atoms with E-state index in [9.17, 15) is 0 Å². The van der Waals surface area contributed by atoms with Gasteiger partial charge in [0.25, 0.3) is 0 Å². The summed E-state index contributed by atoms with van der Waals surface area (Å²) in [5.41, 5.74) is 6.63. The minimum atomic E-state index is 0.912. The van der Waals surface area contributed by atoms with Crippen molar-refractivity contribution in [1.82, 2.24) is 0 Å². The fraction of sp³-hybridized carbons (Fsp3) is 0. The van der Waals surface area contributed by atoms with Gasteiger partial charge in [0, 0.05) is 16.2 Å². The third-order valence-electron chi connectivity index (χ3n) is 11.1. The largest absolute Gasteiger partial charge is 0.455 e. The van der Waals surface area contributed by atoms with Gasteiger partial charge in [0.15, 0.2) is 0 Å². The molecule has 0 fully saturated rings. The standard InChI is InChI=1S/C48H26O/c1-2-10-38-27(5-1)17-22-40-47-41(35-23-33-15-13-28-6-3-7-29-14-16-34(24-35)45(33)43(28)29)25-36(26-42(47)49-48(38)40)37-20-18-32-12-11-30-8-4-9-31-19-21-39(37)46(32)44(30)31/h1-26H. The smallest absolute Gasteiger partial charge is 0.143 e. The summed E-state index contributed by atoms with van der Waals surface area (Å²) >= 11 is 0. The summed E-state index contributed by atoms with van der Waals surface area (Å²) in [6.45, 7) is 0. The second-order valence-corrected chi connectivity index (χ2v) is 13.6. The second kappa shape index (κ2) is 9.13. The molecular formula is C48H26O. The van der Waals surface area contributed by atoms with Crippen molar-refractivity contribution in [2.75, 3.05) is 0 Å². The van der Waals surface area contributed by atoms with Gasteiger partial charge >= 0.3 is 0 Å². The van der Waals surface area contributed by atoms with Crippen LogP contribution in [0.1, 0.15) is 0 Å². The molecular weight excluding hydrogens is 593 g/mol. The van der Waals surface area contributed by atoms with Crippen molar-refractivity contribution in [3.05, 3.63) is 158 Å². The Bertz CT molecular complexity index is 3240. The molecule has 0 saturated carbocycles. The molecule has 0 radical (unpaired) electrons. The van der Waals surface area contributed by atoms with Crippen molar-refractivity contribution in [1.29, 1.82) is 0 Å². The van der Waals surface area contributed by atoms with Gasteiger partial charge in [-0.25, -0.2) is 0 Å². The van der Waals surface area contributed by atoms with Crippen molar-refractivity contribution in [3.8, 4) is 22.3 Å². The molecule has 12 aromatic rings. The van der Waals surface area contributed by atoms with Crippen LogP contribution in [-0.4, -0.2) is 0 Å². The van der Waals surface area contributed by atoms with Crippen molar-refractivity contribution in [2.24, 2.45) is 0 Å². The van der Waals surface area contributed by atoms with Crippen LogP contribution < -0.4 is 0 Å². The highest BCUT2D eigenvalue weighted by Gasteiger charge is 2.20. The van der Waals surface area contributed by atoms with Crippen molar-refractivity contribution < 1.29 is 4.42 Å². The van der Waals surface area contributed by atoms with Crippen LogP contribution in [0, 0.1) is 0 Å². The third-order valence-corrected chi connectivity index (χ3v) is 11.1. The first kappa shape index (κ1) is 25.6. The Morgan fingerprint density at radius 1 is 0.286 bits per heavy atom. The number of hydrogen-bond acceptors (Lipinski definition) is 1. The summed E-state index contributed by atoms with van der Waals surface area (Å²) in [4.78, 5) is 0. The Kier molecular flexibility index (Phi) is 4.77. The molecule has 1 heteroatoms. The molecule has 0 bridgehead atoms. The van der Waals surface area contributed by atoms with Crippen LogP contribution >= 0.6 is 0 Å². The summed E-state index contributed by atoms with van der Waals surface area (Å²) in [5, 5.41) is 20.2. The molecule has 49 heavy (non-hydrogen) atoms. The van der Waals surface area contributed by atoms with Crippen LogP contribution in [-0.2, 0) is 0 Å². The number of benzene rings is 11. The van der Waals surface area contributed by atoms with Gasteiger partial charge in [0.05, 0.1) is 0 Å². The average Bonchev–Trinajstić information content (AvgIpc) is 3.55. The monoisotopic (exact) mass is 618 g/mol. The van der Waals surface area contributed by atoms with Crippen molar-refractivity contribution >= 4 is 97.3 Å². The fourth-order valence-corrected chi connectivity index (χ4v) is 8.91. The highest BCUT2D eigenvalue weighted by molar-refractivity contribution is 6.27. The van der Waals surface area contributed by atoms with E-state index in [0.29, 0.717) is 0 Å². The van der Waals surface area contributed by atoms with E-state index in [4.69, 9.17) is 4.42 Å². The molecule has 0 aliphatic rings. The molecule has 0 atom stereocenters. The Morgan fingerprint density at radius 2 is 0.796 bits per heavy atom. The molecule has 0 unspecified atom stereocenters. The molecule has 0 aliphatic heterocycles. The Hall–Kier alpha value is -6.44. The number of hydrogen-bond donors (Lipinski definition) is 0. The second-order valence-electron chi connectivity index (χ2n) is 13.6. The Balaban J connectivity index is 1.21. The molecule has 0 saturated heterocycles. The molecule has 0 aliphatic carbocycles. The SMILES string of the molecule is c1ccc2c(c1)ccc1c2oc2cc(-c3ccc4ccc5cccc6ccc3c4c56)cc(-c3cc4ccc5cccc6ccc(c3)c4c56)c21. The van der Waals surface area contributed by atoms with E-state index >= 15 is 0 Å². The predicted molar refractivity (Wildman–Crippen MR) is 210 cm³/mol. The maximum atomic E-state index is 6.91. The minimum Gasteiger partial charge on any atom is -0.455 e. The van der Waals surface area contributed by atoms with Crippen LogP contribution in [0.5, 0.6) is 0 Å². The van der Waals surface area contributed by atoms with Crippen LogP contribution in [0.3, 0.4) is 0 Å². The maximum absolute atomic E-state index is 6.91. The first-order valence-electron chi connectivity index (χ1n) is 17.0. The third kappa shape index (κ3) is 3.39. The fourth-order valence-electron chi connectivity index (χ4n) is 8.91. The van der Waals surface area contributed by atoms with Gasteiger partial charge in [-0.05, 0) is 123 Å². The average molecular weight is 619 g/mol. The van der Waals surface area contributed by atoms with Crippen LogP contribution in [0.15, 0.2) is 162 Å². The van der Waals surface area contributed by atoms with Gasteiger partial charge in [-0.2, -0.15) is 0 Å². The lowest BCUT2D eigenvalue weighted by Gasteiger charge is -2.16. The number of furan rings is 1. The zero-order valence-electron chi connectivity index (χ0n) is 26.4. The number of fused-ring (bicyclic) bond motifs is 5. The minimum absolute atomic E-state index is 0.912. The summed E-state index contributed by atoms with van der Waals surface area (Å²) < 4.78 is 6.91. The molecule has 11 aromatic carbocycles. The molecule has 1 aromatic heterocycles. The highest BCUT2D eigenvalue weighted by Crippen LogP contribution is 2.46. The molecule has 0 spiro atoms. The van der Waals surface area contributed by atoms with E-state index < -0.39 is 0 Å². The van der Waals surface area contributed by atoms with Gasteiger partial charge in [-0.1, -0.05) is 127 Å². The lowest BCUT2D eigenvalue weighted by Crippen LogP contribution is -1.89. The van der Waals surface area contributed by atoms with E-state index in [1.54, 1.807) is 0 Å². The van der Waals surface area contributed by atoms with Crippen LogP contribution in [0.25, 0.3) is 120 Å². The lowest BCUT2D eigenvalue weighted by atomic mass is 9.87. The first-order chi connectivity index (χ1) is 24.3. The van der Waals surface area contributed by atoms with Gasteiger partial charge in [-0.3, -0.25) is 0 Å². The summed E-state index contributed by atoms with van der Waals surface area (Å²) in [7, 11) is 0. The van der Waals surface area contributed by atoms with Crippen LogP contribution in [0.4, 0.5) is 0 Å². The summed E-state index contributed by atoms with van der Waals surface area (Å²) in [5.74, 6) is 0.